The van der Waals surface area contributed by atoms with Gasteiger partial charge in [0.2, 0.25) is 0 Å². The number of halogens is 1. The molecule has 0 aliphatic rings. The largest absolute Gasteiger partial charge is 0.493 e. The van der Waals surface area contributed by atoms with Crippen molar-refractivity contribution in [3.63, 3.8) is 0 Å². The molecule has 1 aromatic carbocycles. The zero-order valence-corrected chi connectivity index (χ0v) is 10.4. The maximum absolute atomic E-state index is 10.4. The number of carboxylic acids is 1. The third-order valence-electron chi connectivity index (χ3n) is 1.90. The number of hydrogen-bond donors (Lipinski definition) is 1. The van der Waals surface area contributed by atoms with Crippen molar-refractivity contribution in [2.24, 2.45) is 0 Å². The van der Waals surface area contributed by atoms with Crippen molar-refractivity contribution >= 4 is 28.6 Å². The summed E-state index contributed by atoms with van der Waals surface area (Å²) < 4.78 is 6.37. The number of carboxylic acid groups (broad SMARTS) is 1. The van der Waals surface area contributed by atoms with Gasteiger partial charge in [0.1, 0.15) is 5.75 Å². The lowest BCUT2D eigenvalue weighted by molar-refractivity contribution is -0.136. The number of aryl methyl sites for hydroxylation is 1. The third-order valence-corrected chi connectivity index (χ3v) is 2.34. The van der Waals surface area contributed by atoms with Gasteiger partial charge in [-0.15, -0.1) is 0 Å². The van der Waals surface area contributed by atoms with Crippen LogP contribution in [0.1, 0.15) is 12.0 Å². The molecule has 0 unspecified atom stereocenters. The maximum Gasteiger partial charge on any atom is 0.303 e. The number of benzene rings is 1. The van der Waals surface area contributed by atoms with Crippen molar-refractivity contribution in [2.45, 2.75) is 12.8 Å². The van der Waals surface area contributed by atoms with E-state index < -0.39 is 5.97 Å². The normalized spacial score (nSPS) is 9.93. The summed E-state index contributed by atoms with van der Waals surface area (Å²) >= 11 is 2.25. The molecule has 1 rings (SSSR count). The molecule has 0 aliphatic heterocycles. The molecule has 0 saturated carbocycles. The van der Waals surface area contributed by atoms with Crippen LogP contribution >= 0.6 is 22.6 Å². The summed E-state index contributed by atoms with van der Waals surface area (Å²) in [6, 6.07) is 7.57. The summed E-state index contributed by atoms with van der Waals surface area (Å²) in [5.41, 5.74) is 1.03. The summed E-state index contributed by atoms with van der Waals surface area (Å²) in [4.78, 5) is 10.4. The van der Waals surface area contributed by atoms with E-state index in [9.17, 15) is 4.79 Å². The number of aliphatic carboxylic acids is 1. The fraction of sp³-hybridized carbons (Fsp3) is 0.364. The lowest BCUT2D eigenvalue weighted by Crippen LogP contribution is -1.99. The van der Waals surface area contributed by atoms with E-state index >= 15 is 0 Å². The first-order chi connectivity index (χ1) is 7.22. The highest BCUT2D eigenvalue weighted by Gasteiger charge is 1.99. The molecule has 0 fully saturated rings. The Hall–Kier alpha value is -0.780. The second kappa shape index (κ2) is 6.66. The van der Waals surface area contributed by atoms with Crippen molar-refractivity contribution in [1.82, 2.24) is 0 Å². The third kappa shape index (κ3) is 5.01. The standard InChI is InChI=1S/C11H13IO3/c12-7-8-15-10-4-1-9(2-5-10)3-6-11(13)14/h1-2,4-5H,3,6-8H2,(H,13,14). The molecule has 82 valence electrons. The van der Waals surface area contributed by atoms with Crippen LogP contribution in [0.5, 0.6) is 5.75 Å². The highest BCUT2D eigenvalue weighted by atomic mass is 127. The average Bonchev–Trinajstić information content (AvgIpc) is 2.25. The predicted octanol–water partition coefficient (Wildman–Crippen LogP) is 2.52. The molecule has 15 heavy (non-hydrogen) atoms. The molecule has 0 bridgehead atoms. The summed E-state index contributed by atoms with van der Waals surface area (Å²) in [5, 5.41) is 8.52. The van der Waals surface area contributed by atoms with Crippen molar-refractivity contribution in [2.75, 3.05) is 11.0 Å². The van der Waals surface area contributed by atoms with Crippen LogP contribution in [0.2, 0.25) is 0 Å². The van der Waals surface area contributed by atoms with Gasteiger partial charge in [0.05, 0.1) is 6.61 Å². The van der Waals surface area contributed by atoms with Gasteiger partial charge in [-0.05, 0) is 24.1 Å². The van der Waals surface area contributed by atoms with E-state index in [0.29, 0.717) is 13.0 Å². The van der Waals surface area contributed by atoms with Gasteiger partial charge in [-0.1, -0.05) is 34.7 Å². The molecule has 0 aromatic heterocycles. The van der Waals surface area contributed by atoms with E-state index in [1.165, 1.54) is 0 Å². The number of ether oxygens (including phenoxy) is 1. The molecule has 0 atom stereocenters. The monoisotopic (exact) mass is 320 g/mol. The number of rotatable bonds is 6. The van der Waals surface area contributed by atoms with Crippen LogP contribution in [0.25, 0.3) is 0 Å². The fourth-order valence-electron chi connectivity index (χ4n) is 1.16. The Balaban J connectivity index is 2.45. The van der Waals surface area contributed by atoms with Crippen molar-refractivity contribution in [3.05, 3.63) is 29.8 Å². The van der Waals surface area contributed by atoms with Gasteiger partial charge in [0.25, 0.3) is 0 Å². The maximum atomic E-state index is 10.4. The number of carbonyl (C=O) groups is 1. The van der Waals surface area contributed by atoms with Crippen LogP contribution in [0.3, 0.4) is 0 Å². The topological polar surface area (TPSA) is 46.5 Å². The van der Waals surface area contributed by atoms with Gasteiger partial charge in [-0.25, -0.2) is 0 Å². The molecule has 0 aliphatic carbocycles. The molecular formula is C11H13IO3. The van der Waals surface area contributed by atoms with E-state index in [2.05, 4.69) is 22.6 Å². The van der Waals surface area contributed by atoms with Gasteiger partial charge >= 0.3 is 5.97 Å². The van der Waals surface area contributed by atoms with Crippen LogP contribution in [-0.2, 0) is 11.2 Å². The SMILES string of the molecule is O=C(O)CCc1ccc(OCCI)cc1. The minimum atomic E-state index is -0.764. The molecule has 0 radical (unpaired) electrons. The Kier molecular flexibility index (Phi) is 5.45. The summed E-state index contributed by atoms with van der Waals surface area (Å²) in [6.07, 6.45) is 0.746. The minimum Gasteiger partial charge on any atom is -0.493 e. The van der Waals surface area contributed by atoms with E-state index in [4.69, 9.17) is 9.84 Å². The van der Waals surface area contributed by atoms with E-state index in [1.807, 2.05) is 24.3 Å². The summed E-state index contributed by atoms with van der Waals surface area (Å²) in [6.45, 7) is 0.703. The Labute approximate surface area is 103 Å². The highest BCUT2D eigenvalue weighted by Crippen LogP contribution is 2.13. The van der Waals surface area contributed by atoms with Crippen LogP contribution in [-0.4, -0.2) is 22.1 Å². The lowest BCUT2D eigenvalue weighted by atomic mass is 10.1. The second-order valence-electron chi connectivity index (χ2n) is 3.08. The van der Waals surface area contributed by atoms with Crippen molar-refractivity contribution in [1.29, 1.82) is 0 Å². The second-order valence-corrected chi connectivity index (χ2v) is 4.15. The zero-order valence-electron chi connectivity index (χ0n) is 8.28. The van der Waals surface area contributed by atoms with Crippen LogP contribution in [0, 0.1) is 0 Å². The fourth-order valence-corrected chi connectivity index (χ4v) is 1.38. The Morgan fingerprint density at radius 1 is 1.33 bits per heavy atom. The van der Waals surface area contributed by atoms with Gasteiger partial charge < -0.3 is 9.84 Å². The highest BCUT2D eigenvalue weighted by molar-refractivity contribution is 14.1. The first kappa shape index (κ1) is 12.3. The number of alkyl halides is 1. The molecule has 0 heterocycles. The first-order valence-corrected chi connectivity index (χ1v) is 6.24. The molecule has 0 spiro atoms. The molecule has 1 aromatic rings. The first-order valence-electron chi connectivity index (χ1n) is 4.72. The van der Waals surface area contributed by atoms with Crippen LogP contribution in [0.4, 0.5) is 0 Å². The van der Waals surface area contributed by atoms with Gasteiger partial charge in [-0.2, -0.15) is 0 Å². The Morgan fingerprint density at radius 2 is 2.00 bits per heavy atom. The molecular weight excluding hydrogens is 307 g/mol. The van der Waals surface area contributed by atoms with E-state index in [1.54, 1.807) is 0 Å². The molecule has 3 nitrogen and oxygen atoms in total. The van der Waals surface area contributed by atoms with Crippen molar-refractivity contribution < 1.29 is 14.6 Å². The molecule has 0 saturated heterocycles. The molecule has 1 N–H and O–H groups in total. The van der Waals surface area contributed by atoms with Gasteiger partial charge in [0.15, 0.2) is 0 Å². The van der Waals surface area contributed by atoms with Gasteiger partial charge in [0, 0.05) is 10.8 Å². The van der Waals surface area contributed by atoms with Crippen molar-refractivity contribution in [3.8, 4) is 5.75 Å². The Bertz CT molecular complexity index is 308. The number of hydrogen-bond acceptors (Lipinski definition) is 2. The quantitative estimate of drug-likeness (QED) is 0.647. The predicted molar refractivity (Wildman–Crippen MR) is 66.8 cm³/mol. The molecule has 0 amide bonds. The Morgan fingerprint density at radius 3 is 2.53 bits per heavy atom. The van der Waals surface area contributed by atoms with Crippen LogP contribution in [0.15, 0.2) is 24.3 Å². The lowest BCUT2D eigenvalue weighted by Gasteiger charge is -2.04. The molecule has 4 heteroatoms. The zero-order chi connectivity index (χ0) is 11.1. The minimum absolute atomic E-state index is 0.175. The van der Waals surface area contributed by atoms with E-state index in [0.717, 1.165) is 15.7 Å². The van der Waals surface area contributed by atoms with E-state index in [-0.39, 0.29) is 6.42 Å². The van der Waals surface area contributed by atoms with Gasteiger partial charge in [-0.3, -0.25) is 4.79 Å². The summed E-state index contributed by atoms with van der Waals surface area (Å²) in [5.74, 6) is 0.0750. The van der Waals surface area contributed by atoms with Crippen LogP contribution < -0.4 is 4.74 Å². The smallest absolute Gasteiger partial charge is 0.303 e. The average molecular weight is 320 g/mol. The summed E-state index contributed by atoms with van der Waals surface area (Å²) in [7, 11) is 0.